The minimum Gasteiger partial charge on any atom is -0.350 e. The Morgan fingerprint density at radius 2 is 2.43 bits per heavy atom. The minimum absolute atomic E-state index is 0.0880. The second-order valence-electron chi connectivity index (χ2n) is 2.84. The van der Waals surface area contributed by atoms with Gasteiger partial charge in [0.25, 0.3) is 0 Å². The standard InChI is InChI=1S/C10H14N2OS/c1-14-7-5-10(13)12-8-9-4-2-3-6-11-9/h2-4,6H,5,7-8H2,1H3,(H,12,13). The summed E-state index contributed by atoms with van der Waals surface area (Å²) < 4.78 is 0. The lowest BCUT2D eigenvalue weighted by Gasteiger charge is -2.03. The van der Waals surface area contributed by atoms with Crippen LogP contribution in [0.5, 0.6) is 0 Å². The fourth-order valence-electron chi connectivity index (χ4n) is 0.975. The van der Waals surface area contributed by atoms with Crippen LogP contribution < -0.4 is 5.32 Å². The predicted octanol–water partition coefficient (Wildman–Crippen LogP) is 1.45. The minimum atomic E-state index is 0.0880. The zero-order chi connectivity index (χ0) is 10.2. The van der Waals surface area contributed by atoms with E-state index in [9.17, 15) is 4.79 Å². The van der Waals surface area contributed by atoms with Crippen molar-refractivity contribution < 1.29 is 4.79 Å². The highest BCUT2D eigenvalue weighted by molar-refractivity contribution is 7.98. The van der Waals surface area contributed by atoms with E-state index in [1.807, 2.05) is 24.5 Å². The average molecular weight is 210 g/mol. The van der Waals surface area contributed by atoms with Crippen molar-refractivity contribution in [1.29, 1.82) is 0 Å². The van der Waals surface area contributed by atoms with Crippen LogP contribution in [0.1, 0.15) is 12.1 Å². The predicted molar refractivity (Wildman–Crippen MR) is 59.1 cm³/mol. The van der Waals surface area contributed by atoms with E-state index in [4.69, 9.17) is 0 Å². The first-order valence-corrected chi connectivity index (χ1v) is 5.88. The molecular weight excluding hydrogens is 196 g/mol. The molecule has 1 aromatic heterocycles. The van der Waals surface area contributed by atoms with E-state index in [1.165, 1.54) is 0 Å². The number of thioether (sulfide) groups is 1. The molecule has 0 aliphatic heterocycles. The molecule has 3 nitrogen and oxygen atoms in total. The van der Waals surface area contributed by atoms with Gasteiger partial charge >= 0.3 is 0 Å². The Bertz CT molecular complexity index is 277. The van der Waals surface area contributed by atoms with Crippen LogP contribution in [-0.2, 0) is 11.3 Å². The molecule has 0 atom stereocenters. The third-order valence-electron chi connectivity index (χ3n) is 1.73. The summed E-state index contributed by atoms with van der Waals surface area (Å²) in [5.74, 6) is 0.957. The topological polar surface area (TPSA) is 42.0 Å². The molecule has 0 aliphatic rings. The summed E-state index contributed by atoms with van der Waals surface area (Å²) in [5.41, 5.74) is 0.894. The maximum Gasteiger partial charge on any atom is 0.221 e. The third-order valence-corrected chi connectivity index (χ3v) is 2.34. The normalized spacial score (nSPS) is 9.79. The Morgan fingerprint density at radius 3 is 3.07 bits per heavy atom. The summed E-state index contributed by atoms with van der Waals surface area (Å²) in [6.45, 7) is 0.522. The molecule has 1 N–H and O–H groups in total. The Labute approximate surface area is 88.3 Å². The van der Waals surface area contributed by atoms with E-state index in [0.717, 1.165) is 11.4 Å². The smallest absolute Gasteiger partial charge is 0.221 e. The van der Waals surface area contributed by atoms with E-state index in [1.54, 1.807) is 18.0 Å². The first-order chi connectivity index (χ1) is 6.83. The Hall–Kier alpha value is -1.03. The van der Waals surface area contributed by atoms with Gasteiger partial charge in [0.15, 0.2) is 0 Å². The number of hydrogen-bond donors (Lipinski definition) is 1. The van der Waals surface area contributed by atoms with Crippen LogP contribution in [-0.4, -0.2) is 22.9 Å². The Kier molecular flexibility index (Phi) is 5.07. The molecule has 0 saturated heterocycles. The quantitative estimate of drug-likeness (QED) is 0.800. The van der Waals surface area contributed by atoms with Crippen molar-refractivity contribution in [1.82, 2.24) is 10.3 Å². The highest BCUT2D eigenvalue weighted by Gasteiger charge is 2.00. The molecule has 1 aromatic rings. The van der Waals surface area contributed by atoms with Crippen molar-refractivity contribution in [2.75, 3.05) is 12.0 Å². The number of nitrogens with zero attached hydrogens (tertiary/aromatic N) is 1. The molecule has 0 bridgehead atoms. The van der Waals surface area contributed by atoms with Gasteiger partial charge in [-0.05, 0) is 18.4 Å². The molecule has 14 heavy (non-hydrogen) atoms. The molecule has 1 rings (SSSR count). The van der Waals surface area contributed by atoms with Crippen molar-refractivity contribution in [2.45, 2.75) is 13.0 Å². The van der Waals surface area contributed by atoms with Crippen molar-refractivity contribution in [3.8, 4) is 0 Å². The number of aromatic nitrogens is 1. The van der Waals surface area contributed by atoms with Gasteiger partial charge in [0.2, 0.25) is 5.91 Å². The van der Waals surface area contributed by atoms with Gasteiger partial charge in [-0.25, -0.2) is 0 Å². The molecule has 0 unspecified atom stereocenters. The maximum absolute atomic E-state index is 11.2. The Balaban J connectivity index is 2.24. The average Bonchev–Trinajstić information content (AvgIpc) is 2.25. The Morgan fingerprint density at radius 1 is 1.57 bits per heavy atom. The third kappa shape index (κ3) is 4.28. The molecule has 4 heteroatoms. The maximum atomic E-state index is 11.2. The van der Waals surface area contributed by atoms with Crippen LogP contribution in [0.4, 0.5) is 0 Å². The largest absolute Gasteiger partial charge is 0.350 e. The first kappa shape index (κ1) is 11.0. The SMILES string of the molecule is CSCCC(=O)NCc1ccccn1. The summed E-state index contributed by atoms with van der Waals surface area (Å²) in [6.07, 6.45) is 4.30. The molecule has 76 valence electrons. The van der Waals surface area contributed by atoms with E-state index < -0.39 is 0 Å². The van der Waals surface area contributed by atoms with Crippen molar-refractivity contribution in [3.05, 3.63) is 30.1 Å². The number of pyridine rings is 1. The van der Waals surface area contributed by atoms with Crippen LogP contribution in [0, 0.1) is 0 Å². The monoisotopic (exact) mass is 210 g/mol. The lowest BCUT2D eigenvalue weighted by atomic mass is 10.3. The molecule has 1 heterocycles. The first-order valence-electron chi connectivity index (χ1n) is 4.48. The summed E-state index contributed by atoms with van der Waals surface area (Å²) >= 11 is 1.68. The fourth-order valence-corrected chi connectivity index (χ4v) is 1.36. The number of carbonyl (C=O) groups is 1. The van der Waals surface area contributed by atoms with Crippen LogP contribution >= 0.6 is 11.8 Å². The van der Waals surface area contributed by atoms with Crippen LogP contribution in [0.2, 0.25) is 0 Å². The zero-order valence-corrected chi connectivity index (χ0v) is 9.01. The summed E-state index contributed by atoms with van der Waals surface area (Å²) in [4.78, 5) is 15.3. The van der Waals surface area contributed by atoms with Gasteiger partial charge in [-0.1, -0.05) is 6.07 Å². The number of hydrogen-bond acceptors (Lipinski definition) is 3. The second-order valence-corrected chi connectivity index (χ2v) is 3.83. The van der Waals surface area contributed by atoms with E-state index in [0.29, 0.717) is 13.0 Å². The molecule has 0 aromatic carbocycles. The summed E-state index contributed by atoms with van der Waals surface area (Å²) in [6, 6.07) is 5.67. The fraction of sp³-hybridized carbons (Fsp3) is 0.400. The molecule has 0 spiro atoms. The molecule has 0 fully saturated rings. The number of carbonyl (C=O) groups excluding carboxylic acids is 1. The molecule has 1 amide bonds. The van der Waals surface area contributed by atoms with Gasteiger partial charge in [-0.3, -0.25) is 9.78 Å². The molecule has 0 saturated carbocycles. The molecular formula is C10H14N2OS. The highest BCUT2D eigenvalue weighted by Crippen LogP contribution is 1.96. The van der Waals surface area contributed by atoms with Crippen molar-refractivity contribution >= 4 is 17.7 Å². The van der Waals surface area contributed by atoms with E-state index in [2.05, 4.69) is 10.3 Å². The van der Waals surface area contributed by atoms with Gasteiger partial charge in [-0.2, -0.15) is 11.8 Å². The summed E-state index contributed by atoms with van der Waals surface area (Å²) in [5, 5.41) is 2.82. The van der Waals surface area contributed by atoms with Gasteiger partial charge < -0.3 is 5.32 Å². The number of nitrogens with one attached hydrogen (secondary N) is 1. The lowest BCUT2D eigenvalue weighted by Crippen LogP contribution is -2.23. The number of rotatable bonds is 5. The van der Waals surface area contributed by atoms with Gasteiger partial charge in [0.1, 0.15) is 0 Å². The highest BCUT2D eigenvalue weighted by atomic mass is 32.2. The lowest BCUT2D eigenvalue weighted by molar-refractivity contribution is -0.120. The zero-order valence-electron chi connectivity index (χ0n) is 8.19. The number of amides is 1. The van der Waals surface area contributed by atoms with Gasteiger partial charge in [0, 0.05) is 18.4 Å². The van der Waals surface area contributed by atoms with Gasteiger partial charge in [-0.15, -0.1) is 0 Å². The van der Waals surface area contributed by atoms with E-state index >= 15 is 0 Å². The molecule has 0 aliphatic carbocycles. The van der Waals surface area contributed by atoms with Crippen LogP contribution in [0.3, 0.4) is 0 Å². The van der Waals surface area contributed by atoms with Gasteiger partial charge in [0.05, 0.1) is 12.2 Å². The summed E-state index contributed by atoms with van der Waals surface area (Å²) in [7, 11) is 0. The van der Waals surface area contributed by atoms with Crippen LogP contribution in [0.15, 0.2) is 24.4 Å². The molecule has 0 radical (unpaired) electrons. The van der Waals surface area contributed by atoms with Crippen LogP contribution in [0.25, 0.3) is 0 Å². The van der Waals surface area contributed by atoms with Crippen molar-refractivity contribution in [2.24, 2.45) is 0 Å². The van der Waals surface area contributed by atoms with Crippen molar-refractivity contribution in [3.63, 3.8) is 0 Å². The second kappa shape index (κ2) is 6.43. The van der Waals surface area contributed by atoms with E-state index in [-0.39, 0.29) is 5.91 Å².